The maximum Gasteiger partial charge on any atom is 0.0813 e. The first-order valence-electron chi connectivity index (χ1n) is 5.85. The zero-order valence-corrected chi connectivity index (χ0v) is 12.0. The molecule has 0 amide bonds. The first-order chi connectivity index (χ1) is 7.90. The van der Waals surface area contributed by atoms with Crippen molar-refractivity contribution < 1.29 is 4.74 Å². The van der Waals surface area contributed by atoms with E-state index < -0.39 is 0 Å². The van der Waals surface area contributed by atoms with Crippen molar-refractivity contribution >= 4 is 11.6 Å². The van der Waals surface area contributed by atoms with Crippen LogP contribution in [0.25, 0.3) is 0 Å². The highest BCUT2D eigenvalue weighted by molar-refractivity contribution is 6.30. The monoisotopic (exact) mass is 255 g/mol. The van der Waals surface area contributed by atoms with E-state index in [1.165, 1.54) is 0 Å². The number of benzene rings is 1. The number of halogens is 1. The van der Waals surface area contributed by atoms with E-state index in [0.29, 0.717) is 0 Å². The van der Waals surface area contributed by atoms with Crippen molar-refractivity contribution in [3.05, 3.63) is 34.9 Å². The molecule has 3 heteroatoms. The van der Waals surface area contributed by atoms with E-state index in [1.807, 2.05) is 25.2 Å². The summed E-state index contributed by atoms with van der Waals surface area (Å²) in [5, 5.41) is 4.08. The lowest BCUT2D eigenvalue weighted by Crippen LogP contribution is -2.40. The molecule has 2 unspecified atom stereocenters. The van der Waals surface area contributed by atoms with Gasteiger partial charge in [0.05, 0.1) is 12.1 Å². The molecule has 1 N–H and O–H groups in total. The Balaban J connectivity index is 3.05. The van der Waals surface area contributed by atoms with Crippen LogP contribution in [-0.2, 0) is 4.74 Å². The fraction of sp³-hybridized carbons (Fsp3) is 0.571. The summed E-state index contributed by atoms with van der Waals surface area (Å²) < 4.78 is 5.66. The van der Waals surface area contributed by atoms with E-state index in [9.17, 15) is 0 Å². The Morgan fingerprint density at radius 1 is 1.29 bits per heavy atom. The summed E-state index contributed by atoms with van der Waals surface area (Å²) >= 11 is 6.04. The largest absolute Gasteiger partial charge is 0.379 e. The lowest BCUT2D eigenvalue weighted by molar-refractivity contribution is -0.0101. The van der Waals surface area contributed by atoms with Crippen LogP contribution in [0.5, 0.6) is 0 Å². The molecule has 0 fully saturated rings. The molecule has 0 radical (unpaired) electrons. The number of nitrogens with one attached hydrogen (secondary N) is 1. The lowest BCUT2D eigenvalue weighted by atomic mass is 9.82. The van der Waals surface area contributed by atoms with E-state index in [-0.39, 0.29) is 17.6 Å². The smallest absolute Gasteiger partial charge is 0.0813 e. The summed E-state index contributed by atoms with van der Waals surface area (Å²) in [4.78, 5) is 0. The Bertz CT molecular complexity index is 359. The van der Waals surface area contributed by atoms with Gasteiger partial charge in [0.25, 0.3) is 0 Å². The fourth-order valence-electron chi connectivity index (χ4n) is 2.18. The molecule has 1 aromatic rings. The number of rotatable bonds is 4. The van der Waals surface area contributed by atoms with Gasteiger partial charge in [0.1, 0.15) is 0 Å². The van der Waals surface area contributed by atoms with E-state index in [4.69, 9.17) is 16.3 Å². The molecule has 1 aromatic carbocycles. The molecule has 96 valence electrons. The molecular formula is C14H22ClNO. The lowest BCUT2D eigenvalue weighted by Gasteiger charge is -2.36. The summed E-state index contributed by atoms with van der Waals surface area (Å²) in [5.41, 5.74) is 1.21. The molecule has 2 nitrogen and oxygen atoms in total. The van der Waals surface area contributed by atoms with Gasteiger partial charge in [-0.25, -0.2) is 0 Å². The second-order valence-corrected chi connectivity index (χ2v) is 5.78. The summed E-state index contributed by atoms with van der Waals surface area (Å²) in [7, 11) is 3.70. The second kappa shape index (κ2) is 5.85. The van der Waals surface area contributed by atoms with Gasteiger partial charge in [0.15, 0.2) is 0 Å². The Morgan fingerprint density at radius 2 is 1.94 bits per heavy atom. The molecule has 0 heterocycles. The van der Waals surface area contributed by atoms with Crippen LogP contribution in [-0.4, -0.2) is 20.3 Å². The summed E-state index contributed by atoms with van der Waals surface area (Å²) in [6.07, 6.45) is 0.0889. The van der Waals surface area contributed by atoms with Gasteiger partial charge in [-0.15, -0.1) is 0 Å². The van der Waals surface area contributed by atoms with Gasteiger partial charge in [-0.2, -0.15) is 0 Å². The molecule has 17 heavy (non-hydrogen) atoms. The standard InChI is InChI=1S/C14H22ClNO/c1-14(2,3)13(17-5)12(16-4)10-7-6-8-11(15)9-10/h6-9,12-13,16H,1-5H3. The van der Waals surface area contributed by atoms with E-state index in [0.717, 1.165) is 10.6 Å². The summed E-state index contributed by atoms with van der Waals surface area (Å²) in [6, 6.07) is 8.05. The number of hydrogen-bond donors (Lipinski definition) is 1. The minimum Gasteiger partial charge on any atom is -0.379 e. The van der Waals surface area contributed by atoms with Crippen molar-refractivity contribution in [1.29, 1.82) is 0 Å². The maximum absolute atomic E-state index is 6.04. The first kappa shape index (κ1) is 14.5. The SMILES string of the molecule is CNC(c1cccc(Cl)c1)C(OC)C(C)(C)C. The van der Waals surface area contributed by atoms with Crippen molar-refractivity contribution in [2.75, 3.05) is 14.2 Å². The minimum absolute atomic E-state index is 0.0603. The average molecular weight is 256 g/mol. The Labute approximate surface area is 109 Å². The third kappa shape index (κ3) is 3.70. The number of hydrogen-bond acceptors (Lipinski definition) is 2. The topological polar surface area (TPSA) is 21.3 Å². The molecule has 0 saturated heterocycles. The summed E-state index contributed by atoms with van der Waals surface area (Å²) in [6.45, 7) is 6.53. The molecule has 0 aliphatic heterocycles. The molecule has 0 aromatic heterocycles. The van der Waals surface area contributed by atoms with Gasteiger partial charge in [-0.1, -0.05) is 44.5 Å². The molecule has 0 bridgehead atoms. The van der Waals surface area contributed by atoms with E-state index in [2.05, 4.69) is 32.2 Å². The van der Waals surface area contributed by atoms with Crippen molar-refractivity contribution in [1.82, 2.24) is 5.32 Å². The van der Waals surface area contributed by atoms with Crippen LogP contribution in [0.2, 0.25) is 5.02 Å². The highest BCUT2D eigenvalue weighted by Gasteiger charge is 2.32. The Morgan fingerprint density at radius 3 is 2.35 bits per heavy atom. The predicted molar refractivity (Wildman–Crippen MR) is 73.5 cm³/mol. The van der Waals surface area contributed by atoms with Crippen LogP contribution in [0.15, 0.2) is 24.3 Å². The van der Waals surface area contributed by atoms with Crippen LogP contribution < -0.4 is 5.32 Å². The van der Waals surface area contributed by atoms with Gasteiger partial charge < -0.3 is 10.1 Å². The quantitative estimate of drug-likeness (QED) is 0.887. The molecule has 0 saturated carbocycles. The van der Waals surface area contributed by atoms with Crippen LogP contribution in [0.1, 0.15) is 32.4 Å². The highest BCUT2D eigenvalue weighted by atomic mass is 35.5. The van der Waals surface area contributed by atoms with Gasteiger partial charge in [0, 0.05) is 12.1 Å². The predicted octanol–water partition coefficient (Wildman–Crippen LogP) is 3.66. The molecule has 0 aliphatic carbocycles. The Hall–Kier alpha value is -0.570. The van der Waals surface area contributed by atoms with Gasteiger partial charge in [-0.3, -0.25) is 0 Å². The zero-order chi connectivity index (χ0) is 13.1. The highest BCUT2D eigenvalue weighted by Crippen LogP contribution is 2.32. The maximum atomic E-state index is 6.04. The van der Waals surface area contributed by atoms with Gasteiger partial charge in [0.2, 0.25) is 0 Å². The van der Waals surface area contributed by atoms with Crippen molar-refractivity contribution in [3.8, 4) is 0 Å². The normalized spacial score (nSPS) is 15.6. The van der Waals surface area contributed by atoms with E-state index >= 15 is 0 Å². The number of methoxy groups -OCH3 is 1. The molecular weight excluding hydrogens is 234 g/mol. The molecule has 0 aliphatic rings. The second-order valence-electron chi connectivity index (χ2n) is 5.34. The summed E-state index contributed by atoms with van der Waals surface area (Å²) in [5.74, 6) is 0. The van der Waals surface area contributed by atoms with Gasteiger partial charge >= 0.3 is 0 Å². The fourth-order valence-corrected chi connectivity index (χ4v) is 2.38. The van der Waals surface area contributed by atoms with Crippen LogP contribution in [0.3, 0.4) is 0 Å². The number of likely N-dealkylation sites (N-methyl/N-ethyl adjacent to an activating group) is 1. The van der Waals surface area contributed by atoms with Crippen molar-refractivity contribution in [3.63, 3.8) is 0 Å². The minimum atomic E-state index is 0.0603. The van der Waals surface area contributed by atoms with Crippen LogP contribution >= 0.6 is 11.6 Å². The molecule has 1 rings (SSSR count). The molecule has 2 atom stereocenters. The van der Waals surface area contributed by atoms with Crippen LogP contribution in [0.4, 0.5) is 0 Å². The molecule has 0 spiro atoms. The third-order valence-corrected chi connectivity index (χ3v) is 3.16. The third-order valence-electron chi connectivity index (χ3n) is 2.93. The zero-order valence-electron chi connectivity index (χ0n) is 11.3. The van der Waals surface area contributed by atoms with Gasteiger partial charge in [-0.05, 0) is 30.2 Å². The average Bonchev–Trinajstić information content (AvgIpc) is 2.23. The Kier molecular flexibility index (Phi) is 4.99. The van der Waals surface area contributed by atoms with Crippen molar-refractivity contribution in [2.24, 2.45) is 5.41 Å². The van der Waals surface area contributed by atoms with Crippen molar-refractivity contribution in [2.45, 2.75) is 32.9 Å². The first-order valence-corrected chi connectivity index (χ1v) is 6.23. The number of ether oxygens (including phenoxy) is 1. The van der Waals surface area contributed by atoms with E-state index in [1.54, 1.807) is 7.11 Å². The van der Waals surface area contributed by atoms with Crippen LogP contribution in [0, 0.1) is 5.41 Å².